The number of nitrogens with zero attached hydrogens (tertiary/aromatic N) is 4. The van der Waals surface area contributed by atoms with Gasteiger partial charge in [0.25, 0.3) is 5.91 Å². The van der Waals surface area contributed by atoms with Crippen LogP contribution < -0.4 is 4.74 Å². The van der Waals surface area contributed by atoms with Gasteiger partial charge in [0.2, 0.25) is 0 Å². The van der Waals surface area contributed by atoms with Gasteiger partial charge in [-0.05, 0) is 43.8 Å². The van der Waals surface area contributed by atoms with Crippen molar-refractivity contribution in [3.63, 3.8) is 0 Å². The molecule has 0 unspecified atom stereocenters. The fraction of sp³-hybridized carbons (Fsp3) is 0.333. The Bertz CT molecular complexity index is 1020. The molecule has 2 aromatic carbocycles. The summed E-state index contributed by atoms with van der Waals surface area (Å²) >= 11 is 0. The number of aromatic nitrogens is 2. The summed E-state index contributed by atoms with van der Waals surface area (Å²) in [6.07, 6.45) is 0. The number of carbonyl (C=O) groups excluding carboxylic acids is 1. The molecule has 0 atom stereocenters. The van der Waals surface area contributed by atoms with Crippen LogP contribution >= 0.6 is 0 Å². The molecule has 4 rings (SSSR count). The maximum atomic E-state index is 13.4. The molecular formula is C24H28N4O2. The minimum absolute atomic E-state index is 0.0213. The van der Waals surface area contributed by atoms with Crippen LogP contribution in [0.5, 0.6) is 5.75 Å². The molecule has 0 saturated carbocycles. The number of hydrogen-bond donors (Lipinski definition) is 0. The Balaban J connectivity index is 1.73. The first-order valence-corrected chi connectivity index (χ1v) is 10.4. The first kappa shape index (κ1) is 20.2. The Morgan fingerprint density at radius 3 is 2.43 bits per heavy atom. The molecule has 3 aromatic rings. The van der Waals surface area contributed by atoms with E-state index in [1.165, 1.54) is 5.56 Å². The van der Waals surface area contributed by atoms with E-state index in [1.807, 2.05) is 66.4 Å². The lowest BCUT2D eigenvalue weighted by molar-refractivity contribution is 0.0634. The summed E-state index contributed by atoms with van der Waals surface area (Å²) in [6, 6.07) is 17.7. The SMILES string of the molecule is CCN1CCN(C(=O)c2cc(-c3cccc(OC)c3)nn2-c2ccc(C)cc2)CC1. The monoisotopic (exact) mass is 404 g/mol. The smallest absolute Gasteiger partial charge is 0.272 e. The number of piperazine rings is 1. The van der Waals surface area contributed by atoms with Crippen LogP contribution in [-0.2, 0) is 0 Å². The minimum atomic E-state index is 0.0213. The number of rotatable bonds is 5. The van der Waals surface area contributed by atoms with Gasteiger partial charge in [-0.3, -0.25) is 4.79 Å². The predicted molar refractivity (Wildman–Crippen MR) is 118 cm³/mol. The second-order valence-corrected chi connectivity index (χ2v) is 7.62. The Kier molecular flexibility index (Phi) is 5.86. The van der Waals surface area contributed by atoms with Crippen molar-refractivity contribution in [3.8, 4) is 22.7 Å². The van der Waals surface area contributed by atoms with E-state index in [1.54, 1.807) is 11.8 Å². The van der Waals surface area contributed by atoms with Crippen molar-refractivity contribution in [2.45, 2.75) is 13.8 Å². The fourth-order valence-corrected chi connectivity index (χ4v) is 3.77. The summed E-state index contributed by atoms with van der Waals surface area (Å²) in [6.45, 7) is 8.51. The maximum absolute atomic E-state index is 13.4. The highest BCUT2D eigenvalue weighted by Gasteiger charge is 2.26. The summed E-state index contributed by atoms with van der Waals surface area (Å²) in [5.41, 5.74) is 4.31. The second-order valence-electron chi connectivity index (χ2n) is 7.62. The number of benzene rings is 2. The van der Waals surface area contributed by atoms with E-state index in [2.05, 4.69) is 11.8 Å². The van der Waals surface area contributed by atoms with Gasteiger partial charge in [0.15, 0.2) is 0 Å². The van der Waals surface area contributed by atoms with Crippen LogP contribution in [0.3, 0.4) is 0 Å². The third-order valence-electron chi connectivity index (χ3n) is 5.68. The van der Waals surface area contributed by atoms with Crippen molar-refractivity contribution in [1.82, 2.24) is 19.6 Å². The average Bonchev–Trinajstić information content (AvgIpc) is 3.24. The van der Waals surface area contributed by atoms with Gasteiger partial charge in [-0.2, -0.15) is 5.10 Å². The van der Waals surface area contributed by atoms with Crippen LogP contribution in [0.4, 0.5) is 0 Å². The topological polar surface area (TPSA) is 50.6 Å². The van der Waals surface area contributed by atoms with Crippen molar-refractivity contribution in [3.05, 3.63) is 65.9 Å². The number of likely N-dealkylation sites (N-methyl/N-ethyl adjacent to an activating group) is 1. The standard InChI is InChI=1S/C24H28N4O2/c1-4-26-12-14-27(15-13-26)24(29)23-17-22(19-6-5-7-21(16-19)30-3)25-28(23)20-10-8-18(2)9-11-20/h5-11,16-17H,4,12-15H2,1-3H3. The van der Waals surface area contributed by atoms with Crippen LogP contribution in [0.2, 0.25) is 0 Å². The van der Waals surface area contributed by atoms with Crippen LogP contribution in [0.15, 0.2) is 54.6 Å². The lowest BCUT2D eigenvalue weighted by Crippen LogP contribution is -2.48. The molecule has 30 heavy (non-hydrogen) atoms. The van der Waals surface area contributed by atoms with Crippen molar-refractivity contribution in [1.29, 1.82) is 0 Å². The number of methoxy groups -OCH3 is 1. The van der Waals surface area contributed by atoms with Gasteiger partial charge >= 0.3 is 0 Å². The Labute approximate surface area is 177 Å². The normalized spacial score (nSPS) is 14.7. The van der Waals surface area contributed by atoms with Crippen molar-refractivity contribution < 1.29 is 9.53 Å². The van der Waals surface area contributed by atoms with Gasteiger partial charge in [0.1, 0.15) is 11.4 Å². The minimum Gasteiger partial charge on any atom is -0.497 e. The fourth-order valence-electron chi connectivity index (χ4n) is 3.77. The van der Waals surface area contributed by atoms with E-state index in [0.29, 0.717) is 5.69 Å². The summed E-state index contributed by atoms with van der Waals surface area (Å²) < 4.78 is 7.13. The zero-order valence-electron chi connectivity index (χ0n) is 17.8. The number of aryl methyl sites for hydroxylation is 1. The highest BCUT2D eigenvalue weighted by Crippen LogP contribution is 2.26. The average molecular weight is 405 g/mol. The van der Waals surface area contributed by atoms with E-state index >= 15 is 0 Å². The first-order chi connectivity index (χ1) is 14.6. The van der Waals surface area contributed by atoms with Crippen LogP contribution in [0.1, 0.15) is 23.0 Å². The molecule has 2 heterocycles. The van der Waals surface area contributed by atoms with Crippen molar-refractivity contribution in [2.75, 3.05) is 39.8 Å². The lowest BCUT2D eigenvalue weighted by atomic mass is 10.1. The zero-order valence-corrected chi connectivity index (χ0v) is 17.8. The van der Waals surface area contributed by atoms with Gasteiger partial charge < -0.3 is 14.5 Å². The van der Waals surface area contributed by atoms with Crippen molar-refractivity contribution >= 4 is 5.91 Å². The maximum Gasteiger partial charge on any atom is 0.272 e. The van der Waals surface area contributed by atoms with Crippen molar-refractivity contribution in [2.24, 2.45) is 0 Å². The molecular weight excluding hydrogens is 376 g/mol. The van der Waals surface area contributed by atoms with Gasteiger partial charge in [-0.15, -0.1) is 0 Å². The van der Waals surface area contributed by atoms with E-state index in [4.69, 9.17) is 9.84 Å². The largest absolute Gasteiger partial charge is 0.497 e. The molecule has 1 aliphatic heterocycles. The Morgan fingerprint density at radius 2 is 1.77 bits per heavy atom. The highest BCUT2D eigenvalue weighted by atomic mass is 16.5. The number of carbonyl (C=O) groups is 1. The van der Waals surface area contributed by atoms with E-state index < -0.39 is 0 Å². The molecule has 0 spiro atoms. The van der Waals surface area contributed by atoms with Gasteiger partial charge in [-0.25, -0.2) is 4.68 Å². The van der Waals surface area contributed by atoms with Crippen LogP contribution in [0.25, 0.3) is 16.9 Å². The third kappa shape index (κ3) is 4.09. The third-order valence-corrected chi connectivity index (χ3v) is 5.68. The number of hydrogen-bond acceptors (Lipinski definition) is 4. The van der Waals surface area contributed by atoms with E-state index in [9.17, 15) is 4.79 Å². The Morgan fingerprint density at radius 1 is 1.03 bits per heavy atom. The molecule has 1 aliphatic rings. The zero-order chi connectivity index (χ0) is 21.1. The molecule has 0 N–H and O–H groups in total. The first-order valence-electron chi connectivity index (χ1n) is 10.4. The predicted octanol–water partition coefficient (Wildman–Crippen LogP) is 3.63. The summed E-state index contributed by atoms with van der Waals surface area (Å²) in [4.78, 5) is 17.7. The summed E-state index contributed by atoms with van der Waals surface area (Å²) in [7, 11) is 1.65. The number of amides is 1. The molecule has 156 valence electrons. The van der Waals surface area contributed by atoms with Crippen LogP contribution in [0, 0.1) is 6.92 Å². The molecule has 1 fully saturated rings. The Hall–Kier alpha value is -3.12. The van der Waals surface area contributed by atoms with Gasteiger partial charge in [0.05, 0.1) is 18.5 Å². The molecule has 0 aliphatic carbocycles. The summed E-state index contributed by atoms with van der Waals surface area (Å²) in [5.74, 6) is 0.786. The van der Waals surface area contributed by atoms with E-state index in [0.717, 1.165) is 55.4 Å². The highest BCUT2D eigenvalue weighted by molar-refractivity contribution is 5.94. The van der Waals surface area contributed by atoms with Gasteiger partial charge in [0, 0.05) is 31.7 Å². The molecule has 6 heteroatoms. The summed E-state index contributed by atoms with van der Waals surface area (Å²) in [5, 5.41) is 4.81. The molecule has 1 saturated heterocycles. The molecule has 0 bridgehead atoms. The number of ether oxygens (including phenoxy) is 1. The quantitative estimate of drug-likeness (QED) is 0.652. The molecule has 1 aromatic heterocycles. The molecule has 1 amide bonds. The van der Waals surface area contributed by atoms with Crippen LogP contribution in [-0.4, -0.2) is 65.3 Å². The molecule has 0 radical (unpaired) electrons. The second kappa shape index (κ2) is 8.71. The van der Waals surface area contributed by atoms with E-state index in [-0.39, 0.29) is 5.91 Å². The molecule has 6 nitrogen and oxygen atoms in total. The lowest BCUT2D eigenvalue weighted by Gasteiger charge is -2.34. The van der Waals surface area contributed by atoms with Gasteiger partial charge in [-0.1, -0.05) is 36.8 Å².